The predicted octanol–water partition coefficient (Wildman–Crippen LogP) is 4.21. The van der Waals surface area contributed by atoms with Gasteiger partial charge in [-0.25, -0.2) is 0 Å². The molecule has 0 bridgehead atoms. The van der Waals surface area contributed by atoms with Crippen molar-refractivity contribution in [2.75, 3.05) is 5.73 Å². The molecule has 0 unspecified atom stereocenters. The van der Waals surface area contributed by atoms with Crippen molar-refractivity contribution in [1.82, 2.24) is 0 Å². The molecule has 0 spiro atoms. The first-order chi connectivity index (χ1) is 11.2. The number of hydrogen-bond donors (Lipinski definition) is 1. The summed E-state index contributed by atoms with van der Waals surface area (Å²) in [7, 11) is 0. The number of nitrogens with two attached hydrogens (primary N) is 1. The fourth-order valence-corrected chi connectivity index (χ4v) is 3.36. The maximum absolute atomic E-state index is 10.1. The Morgan fingerprint density at radius 2 is 1.70 bits per heavy atom. The minimum Gasteiger partial charge on any atom is -0.399 e. The Kier molecular flexibility index (Phi) is 4.35. The van der Waals surface area contributed by atoms with Gasteiger partial charge in [-0.15, -0.1) is 11.3 Å². The summed E-state index contributed by atoms with van der Waals surface area (Å²) < 4.78 is 0. The zero-order chi connectivity index (χ0) is 16.2. The van der Waals surface area contributed by atoms with Gasteiger partial charge in [-0.1, -0.05) is 30.3 Å². The molecule has 0 saturated carbocycles. The Hall–Kier alpha value is -2.72. The first-order valence-corrected chi connectivity index (χ1v) is 8.05. The van der Waals surface area contributed by atoms with Crippen molar-refractivity contribution in [3.05, 3.63) is 75.5 Å². The molecule has 114 valence electrons. The van der Waals surface area contributed by atoms with Crippen molar-refractivity contribution >= 4 is 29.6 Å². The highest BCUT2D eigenvalue weighted by atomic mass is 32.1. The summed E-state index contributed by atoms with van der Waals surface area (Å²) in [6.07, 6.45) is 2.39. The molecule has 0 fully saturated rings. The minimum absolute atomic E-state index is 0.481. The second-order valence-corrected chi connectivity index (χ2v) is 6.17. The highest BCUT2D eigenvalue weighted by Gasteiger charge is 2.16. The first kappa shape index (κ1) is 15.2. The highest BCUT2D eigenvalue weighted by molar-refractivity contribution is 7.12. The molecule has 23 heavy (non-hydrogen) atoms. The molecule has 2 aromatic carbocycles. The number of carbonyl (C=O) groups excluding carboxylic acids is 2. The van der Waals surface area contributed by atoms with E-state index >= 15 is 0 Å². The normalized spacial score (nSPS) is 11.0. The van der Waals surface area contributed by atoms with E-state index in [2.05, 4.69) is 36.4 Å². The van der Waals surface area contributed by atoms with Crippen LogP contribution < -0.4 is 5.73 Å². The SMILES string of the molecule is Nc1ccc2c(c1)Cc1ccccc1-2.O=Cc1ccsc1C=O. The molecule has 0 amide bonds. The van der Waals surface area contributed by atoms with E-state index in [0.29, 0.717) is 23.0 Å². The summed E-state index contributed by atoms with van der Waals surface area (Å²) in [6, 6.07) is 16.3. The van der Waals surface area contributed by atoms with Crippen molar-refractivity contribution in [3.8, 4) is 11.1 Å². The number of nitrogen functional groups attached to an aromatic ring is 1. The summed E-state index contributed by atoms with van der Waals surface area (Å²) in [4.78, 5) is 20.7. The number of anilines is 1. The molecule has 1 aliphatic rings. The fraction of sp³-hybridized carbons (Fsp3) is 0.0526. The van der Waals surface area contributed by atoms with Crippen LogP contribution in [-0.4, -0.2) is 12.6 Å². The van der Waals surface area contributed by atoms with Crippen LogP contribution in [0.4, 0.5) is 5.69 Å². The summed E-state index contributed by atoms with van der Waals surface area (Å²) in [5.41, 5.74) is 12.6. The van der Waals surface area contributed by atoms with Crippen molar-refractivity contribution in [1.29, 1.82) is 0 Å². The van der Waals surface area contributed by atoms with Gasteiger partial charge >= 0.3 is 0 Å². The van der Waals surface area contributed by atoms with Crippen LogP contribution in [0.25, 0.3) is 11.1 Å². The van der Waals surface area contributed by atoms with Gasteiger partial charge in [0.15, 0.2) is 12.6 Å². The van der Waals surface area contributed by atoms with Crippen LogP contribution in [0, 0.1) is 0 Å². The molecule has 4 rings (SSSR count). The predicted molar refractivity (Wildman–Crippen MR) is 94.2 cm³/mol. The van der Waals surface area contributed by atoms with Gasteiger partial charge in [0, 0.05) is 11.3 Å². The number of benzene rings is 2. The summed E-state index contributed by atoms with van der Waals surface area (Å²) in [6.45, 7) is 0. The Morgan fingerprint density at radius 1 is 0.913 bits per heavy atom. The molecular formula is C19H15NO2S. The van der Waals surface area contributed by atoms with E-state index < -0.39 is 0 Å². The smallest absolute Gasteiger partial charge is 0.160 e. The van der Waals surface area contributed by atoms with Crippen molar-refractivity contribution in [2.24, 2.45) is 0 Å². The maximum atomic E-state index is 10.1. The Morgan fingerprint density at radius 3 is 2.43 bits per heavy atom. The van der Waals surface area contributed by atoms with Crippen molar-refractivity contribution < 1.29 is 9.59 Å². The van der Waals surface area contributed by atoms with Gasteiger partial charge < -0.3 is 5.73 Å². The molecule has 0 aliphatic heterocycles. The molecule has 4 heteroatoms. The third-order valence-corrected chi connectivity index (χ3v) is 4.64. The number of rotatable bonds is 2. The molecule has 3 nitrogen and oxygen atoms in total. The summed E-state index contributed by atoms with van der Waals surface area (Å²) in [5.74, 6) is 0. The van der Waals surface area contributed by atoms with E-state index in [0.717, 1.165) is 12.1 Å². The highest BCUT2D eigenvalue weighted by Crippen LogP contribution is 2.36. The van der Waals surface area contributed by atoms with Gasteiger partial charge in [-0.3, -0.25) is 9.59 Å². The largest absolute Gasteiger partial charge is 0.399 e. The minimum atomic E-state index is 0.481. The van der Waals surface area contributed by atoms with E-state index in [1.807, 2.05) is 6.07 Å². The first-order valence-electron chi connectivity index (χ1n) is 7.17. The second kappa shape index (κ2) is 6.58. The molecule has 0 saturated heterocycles. The van der Waals surface area contributed by atoms with Crippen LogP contribution >= 0.6 is 11.3 Å². The van der Waals surface area contributed by atoms with Gasteiger partial charge in [0.1, 0.15) is 0 Å². The quantitative estimate of drug-likeness (QED) is 0.444. The van der Waals surface area contributed by atoms with Gasteiger partial charge in [0.05, 0.1) is 4.88 Å². The van der Waals surface area contributed by atoms with Crippen LogP contribution in [0.15, 0.2) is 53.9 Å². The number of thiophene rings is 1. The fourth-order valence-electron chi connectivity index (χ4n) is 2.69. The van der Waals surface area contributed by atoms with Gasteiger partial charge in [0.2, 0.25) is 0 Å². The molecule has 1 aliphatic carbocycles. The Bertz CT molecular complexity index is 845. The molecule has 3 aromatic rings. The standard InChI is InChI=1S/C13H11N.C6H4O2S/c14-11-5-6-13-10(8-11)7-9-3-1-2-4-12(9)13;7-3-5-1-2-9-6(5)4-8/h1-6,8H,7,14H2;1-4H. The van der Waals surface area contributed by atoms with Gasteiger partial charge in [-0.2, -0.15) is 0 Å². The number of hydrogen-bond acceptors (Lipinski definition) is 4. The zero-order valence-electron chi connectivity index (χ0n) is 12.4. The van der Waals surface area contributed by atoms with Gasteiger partial charge in [-0.05, 0) is 52.3 Å². The third-order valence-electron chi connectivity index (χ3n) is 3.78. The topological polar surface area (TPSA) is 60.2 Å². The lowest BCUT2D eigenvalue weighted by Gasteiger charge is -2.00. The lowest BCUT2D eigenvalue weighted by Crippen LogP contribution is -1.86. The maximum Gasteiger partial charge on any atom is 0.160 e. The number of aldehydes is 2. The molecule has 0 radical (unpaired) electrons. The molecule has 2 N–H and O–H groups in total. The van der Waals surface area contributed by atoms with E-state index in [1.165, 1.54) is 33.6 Å². The summed E-state index contributed by atoms with van der Waals surface area (Å²) >= 11 is 1.27. The lowest BCUT2D eigenvalue weighted by atomic mass is 10.1. The van der Waals surface area contributed by atoms with Crippen LogP contribution in [0.1, 0.15) is 31.2 Å². The zero-order valence-corrected chi connectivity index (χ0v) is 13.2. The van der Waals surface area contributed by atoms with E-state index in [-0.39, 0.29) is 0 Å². The average molecular weight is 321 g/mol. The average Bonchev–Trinajstić information content (AvgIpc) is 3.18. The monoisotopic (exact) mass is 321 g/mol. The van der Waals surface area contributed by atoms with Gasteiger partial charge in [0.25, 0.3) is 0 Å². The number of carbonyl (C=O) groups is 2. The number of fused-ring (bicyclic) bond motifs is 3. The van der Waals surface area contributed by atoms with E-state index in [9.17, 15) is 9.59 Å². The molecule has 0 atom stereocenters. The van der Waals surface area contributed by atoms with Crippen molar-refractivity contribution in [3.63, 3.8) is 0 Å². The molecular weight excluding hydrogens is 306 g/mol. The van der Waals surface area contributed by atoms with Crippen LogP contribution in [0.2, 0.25) is 0 Å². The van der Waals surface area contributed by atoms with Crippen molar-refractivity contribution in [2.45, 2.75) is 6.42 Å². The van der Waals surface area contributed by atoms with Crippen LogP contribution in [0.3, 0.4) is 0 Å². The molecule has 1 heterocycles. The Balaban J connectivity index is 0.000000151. The second-order valence-electron chi connectivity index (χ2n) is 5.23. The summed E-state index contributed by atoms with van der Waals surface area (Å²) in [5, 5.41) is 1.72. The van der Waals surface area contributed by atoms with E-state index in [4.69, 9.17) is 5.73 Å². The third kappa shape index (κ3) is 3.07. The van der Waals surface area contributed by atoms with E-state index in [1.54, 1.807) is 11.4 Å². The lowest BCUT2D eigenvalue weighted by molar-refractivity contribution is 0.109. The van der Waals surface area contributed by atoms with Crippen LogP contribution in [0.5, 0.6) is 0 Å². The molecule has 1 aromatic heterocycles. The van der Waals surface area contributed by atoms with Crippen LogP contribution in [-0.2, 0) is 6.42 Å². The Labute approximate surface area is 138 Å².